The maximum absolute atomic E-state index is 10.4. The van der Waals surface area contributed by atoms with Gasteiger partial charge in [0.2, 0.25) is 0 Å². The number of thiophene rings is 1. The first-order chi connectivity index (χ1) is 8.25. The van der Waals surface area contributed by atoms with Gasteiger partial charge in [0.15, 0.2) is 0 Å². The summed E-state index contributed by atoms with van der Waals surface area (Å²) < 4.78 is 0.734. The van der Waals surface area contributed by atoms with E-state index in [9.17, 15) is 5.11 Å². The summed E-state index contributed by atoms with van der Waals surface area (Å²) in [6, 6.07) is 12.1. The Balaban J connectivity index is 1.92. The van der Waals surface area contributed by atoms with E-state index in [1.54, 1.807) is 0 Å². The minimum Gasteiger partial charge on any atom is -0.387 e. The summed E-state index contributed by atoms with van der Waals surface area (Å²) in [6.07, 6.45) is -0.441. The zero-order valence-corrected chi connectivity index (χ0v) is 11.4. The van der Waals surface area contributed by atoms with Gasteiger partial charge >= 0.3 is 0 Å². The summed E-state index contributed by atoms with van der Waals surface area (Å²) in [4.78, 5) is 2.25. The molecular weight excluding hydrogens is 272 g/mol. The smallest absolute Gasteiger partial charge is 0.0959 e. The molecule has 2 unspecified atom stereocenters. The van der Waals surface area contributed by atoms with E-state index in [1.807, 2.05) is 36.0 Å². The van der Waals surface area contributed by atoms with Crippen molar-refractivity contribution in [3.8, 4) is 0 Å². The molecule has 2 aromatic rings. The number of hydrogen-bond donors (Lipinski definition) is 1. The van der Waals surface area contributed by atoms with Gasteiger partial charge in [-0.2, -0.15) is 0 Å². The zero-order valence-electron chi connectivity index (χ0n) is 8.97. The van der Waals surface area contributed by atoms with Crippen LogP contribution in [0.25, 0.3) is 0 Å². The largest absolute Gasteiger partial charge is 0.387 e. The highest BCUT2D eigenvalue weighted by atomic mass is 35.5. The van der Waals surface area contributed by atoms with Gasteiger partial charge in [0.25, 0.3) is 0 Å². The van der Waals surface area contributed by atoms with E-state index in [0.717, 1.165) is 15.0 Å². The molecule has 1 aromatic carbocycles. The van der Waals surface area contributed by atoms with E-state index in [4.69, 9.17) is 11.6 Å². The van der Waals surface area contributed by atoms with Gasteiger partial charge in [-0.25, -0.2) is 0 Å². The maximum atomic E-state index is 10.4. The SMILES string of the molecule is OC(c1ccc(Cl)s1)C1CSc2ccccc21. The highest BCUT2D eigenvalue weighted by Gasteiger charge is 2.30. The summed E-state index contributed by atoms with van der Waals surface area (Å²) in [5.74, 6) is 1.13. The Morgan fingerprint density at radius 3 is 2.82 bits per heavy atom. The van der Waals surface area contributed by atoms with Crippen molar-refractivity contribution in [2.24, 2.45) is 0 Å². The molecule has 0 amide bonds. The Hall–Kier alpha value is -0.480. The van der Waals surface area contributed by atoms with Crippen LogP contribution in [0.1, 0.15) is 22.5 Å². The summed E-state index contributed by atoms with van der Waals surface area (Å²) >= 11 is 9.19. The molecule has 0 saturated carbocycles. The number of aliphatic hydroxyl groups is 1. The third-order valence-electron chi connectivity index (χ3n) is 3.00. The summed E-state index contributed by atoms with van der Waals surface area (Å²) in [5.41, 5.74) is 1.26. The lowest BCUT2D eigenvalue weighted by molar-refractivity contribution is 0.157. The number of halogens is 1. The van der Waals surface area contributed by atoms with Gasteiger partial charge in [0, 0.05) is 21.4 Å². The molecule has 1 aliphatic rings. The van der Waals surface area contributed by atoms with Gasteiger partial charge in [-0.1, -0.05) is 29.8 Å². The molecule has 3 rings (SSSR count). The number of fused-ring (bicyclic) bond motifs is 1. The first-order valence-electron chi connectivity index (χ1n) is 5.41. The quantitative estimate of drug-likeness (QED) is 0.885. The van der Waals surface area contributed by atoms with Crippen LogP contribution in [0.15, 0.2) is 41.3 Å². The Kier molecular flexibility index (Phi) is 3.17. The average Bonchev–Trinajstić information content (AvgIpc) is 2.94. The fourth-order valence-electron chi connectivity index (χ4n) is 2.13. The predicted molar refractivity (Wildman–Crippen MR) is 74.2 cm³/mol. The molecular formula is C13H11ClOS2. The van der Waals surface area contributed by atoms with Crippen LogP contribution in [0.2, 0.25) is 4.34 Å². The second kappa shape index (κ2) is 4.65. The second-order valence-corrected chi connectivity index (χ2v) is 6.85. The summed E-state index contributed by atoms with van der Waals surface area (Å²) in [6.45, 7) is 0. The fraction of sp³-hybridized carbons (Fsp3) is 0.231. The molecule has 1 N–H and O–H groups in total. The predicted octanol–water partition coefficient (Wildman–Crippen LogP) is 4.32. The molecule has 1 aromatic heterocycles. The first kappa shape index (κ1) is 11.6. The molecule has 0 radical (unpaired) electrons. The van der Waals surface area contributed by atoms with E-state index >= 15 is 0 Å². The number of aliphatic hydroxyl groups excluding tert-OH is 1. The minimum atomic E-state index is -0.441. The van der Waals surface area contributed by atoms with Crippen molar-refractivity contribution in [1.29, 1.82) is 0 Å². The number of thioether (sulfide) groups is 1. The third kappa shape index (κ3) is 2.13. The standard InChI is InChI=1S/C13H11ClOS2/c14-12-6-5-11(17-12)13(15)9-7-16-10-4-2-1-3-8(9)10/h1-6,9,13,15H,7H2. The zero-order chi connectivity index (χ0) is 11.8. The lowest BCUT2D eigenvalue weighted by Gasteiger charge is -2.17. The molecule has 0 spiro atoms. The first-order valence-corrected chi connectivity index (χ1v) is 7.59. The van der Waals surface area contributed by atoms with Crippen molar-refractivity contribution in [1.82, 2.24) is 0 Å². The van der Waals surface area contributed by atoms with Crippen LogP contribution < -0.4 is 0 Å². The Morgan fingerprint density at radius 2 is 2.06 bits per heavy atom. The molecule has 2 heterocycles. The van der Waals surface area contributed by atoms with Crippen LogP contribution in [-0.2, 0) is 0 Å². The molecule has 2 atom stereocenters. The van der Waals surface area contributed by atoms with Crippen LogP contribution in [0.3, 0.4) is 0 Å². The van der Waals surface area contributed by atoms with E-state index in [0.29, 0.717) is 0 Å². The van der Waals surface area contributed by atoms with Gasteiger partial charge in [0.1, 0.15) is 0 Å². The van der Waals surface area contributed by atoms with Crippen molar-refractivity contribution >= 4 is 34.7 Å². The topological polar surface area (TPSA) is 20.2 Å². The van der Waals surface area contributed by atoms with Crippen LogP contribution in [0.5, 0.6) is 0 Å². The van der Waals surface area contributed by atoms with E-state index in [2.05, 4.69) is 12.1 Å². The van der Waals surface area contributed by atoms with Gasteiger partial charge in [-0.15, -0.1) is 23.1 Å². The highest BCUT2D eigenvalue weighted by molar-refractivity contribution is 7.99. The number of benzene rings is 1. The molecule has 17 heavy (non-hydrogen) atoms. The van der Waals surface area contributed by atoms with Crippen molar-refractivity contribution < 1.29 is 5.11 Å². The van der Waals surface area contributed by atoms with Crippen molar-refractivity contribution in [2.45, 2.75) is 16.9 Å². The highest BCUT2D eigenvalue weighted by Crippen LogP contribution is 2.46. The summed E-state index contributed by atoms with van der Waals surface area (Å²) in [7, 11) is 0. The monoisotopic (exact) mass is 282 g/mol. The fourth-order valence-corrected chi connectivity index (χ4v) is 4.53. The van der Waals surface area contributed by atoms with Crippen molar-refractivity contribution in [3.05, 3.63) is 51.2 Å². The number of hydrogen-bond acceptors (Lipinski definition) is 3. The van der Waals surface area contributed by atoms with E-state index in [-0.39, 0.29) is 5.92 Å². The minimum absolute atomic E-state index is 0.186. The lowest BCUT2D eigenvalue weighted by Crippen LogP contribution is -2.08. The molecule has 0 fully saturated rings. The Bertz CT molecular complexity index is 538. The molecule has 88 valence electrons. The van der Waals surface area contributed by atoms with Gasteiger partial charge < -0.3 is 5.11 Å². The number of rotatable bonds is 2. The van der Waals surface area contributed by atoms with Crippen LogP contribution in [-0.4, -0.2) is 10.9 Å². The van der Waals surface area contributed by atoms with Crippen molar-refractivity contribution in [3.63, 3.8) is 0 Å². The maximum Gasteiger partial charge on any atom is 0.0959 e. The van der Waals surface area contributed by atoms with Crippen LogP contribution >= 0.6 is 34.7 Å². The van der Waals surface area contributed by atoms with Gasteiger partial charge in [-0.3, -0.25) is 0 Å². The summed E-state index contributed by atoms with van der Waals surface area (Å²) in [5, 5.41) is 10.4. The van der Waals surface area contributed by atoms with Crippen molar-refractivity contribution in [2.75, 3.05) is 5.75 Å². The Labute approximate surface area is 113 Å². The third-order valence-corrected chi connectivity index (χ3v) is 5.51. The molecule has 0 aliphatic carbocycles. The van der Waals surface area contributed by atoms with Crippen LogP contribution in [0, 0.1) is 0 Å². The molecule has 0 bridgehead atoms. The van der Waals surface area contributed by atoms with E-state index in [1.165, 1.54) is 21.8 Å². The molecule has 1 nitrogen and oxygen atoms in total. The molecule has 1 aliphatic heterocycles. The molecule has 0 saturated heterocycles. The normalized spacial score (nSPS) is 20.2. The second-order valence-electron chi connectivity index (χ2n) is 4.04. The Morgan fingerprint density at radius 1 is 1.24 bits per heavy atom. The van der Waals surface area contributed by atoms with Gasteiger partial charge in [0.05, 0.1) is 10.4 Å². The van der Waals surface area contributed by atoms with Crippen LogP contribution in [0.4, 0.5) is 0 Å². The molecule has 4 heteroatoms. The van der Waals surface area contributed by atoms with Gasteiger partial charge in [-0.05, 0) is 23.8 Å². The van der Waals surface area contributed by atoms with E-state index < -0.39 is 6.10 Å². The average molecular weight is 283 g/mol. The lowest BCUT2D eigenvalue weighted by atomic mass is 9.94.